The molecular weight excluding hydrogens is 603 g/mol. The molecule has 0 amide bonds. The summed E-state index contributed by atoms with van der Waals surface area (Å²) in [5, 5.41) is 0.313. The fraction of sp³-hybridized carbons (Fsp3) is 0.641. The van der Waals surface area contributed by atoms with Crippen LogP contribution in [-0.4, -0.2) is 30.8 Å². The molecule has 0 bridgehead atoms. The Morgan fingerprint density at radius 3 is 2.04 bits per heavy atom. The Balaban J connectivity index is 1.30. The fourth-order valence-electron chi connectivity index (χ4n) is 6.07. The highest BCUT2D eigenvalue weighted by Crippen LogP contribution is 2.31. The number of halogens is 2. The molecule has 0 saturated heterocycles. The quantitative estimate of drug-likeness (QED) is 0.0715. The number of benzene rings is 2. The van der Waals surface area contributed by atoms with E-state index in [0.29, 0.717) is 41.0 Å². The van der Waals surface area contributed by atoms with Crippen molar-refractivity contribution in [2.75, 3.05) is 6.61 Å². The van der Waals surface area contributed by atoms with E-state index in [-0.39, 0.29) is 12.5 Å². The third-order valence-electron chi connectivity index (χ3n) is 9.05. The van der Waals surface area contributed by atoms with Crippen LogP contribution >= 0.6 is 11.6 Å². The van der Waals surface area contributed by atoms with Gasteiger partial charge in [0.15, 0.2) is 6.17 Å². The topological polar surface area (TPSA) is 61.8 Å². The lowest BCUT2D eigenvalue weighted by Crippen LogP contribution is -2.29. The maximum absolute atomic E-state index is 13.9. The zero-order chi connectivity index (χ0) is 33.0. The van der Waals surface area contributed by atoms with E-state index in [1.54, 1.807) is 18.2 Å². The van der Waals surface area contributed by atoms with Gasteiger partial charge in [0.1, 0.15) is 17.6 Å². The zero-order valence-electron chi connectivity index (χ0n) is 28.2. The fourth-order valence-corrected chi connectivity index (χ4v) is 6.31. The van der Waals surface area contributed by atoms with Crippen LogP contribution in [0.4, 0.5) is 4.39 Å². The summed E-state index contributed by atoms with van der Waals surface area (Å²) in [6, 6.07) is 12.7. The largest absolute Gasteiger partial charge is 0.494 e. The average Bonchev–Trinajstić information content (AvgIpc) is 3.06. The maximum atomic E-state index is 13.9. The second-order valence-corrected chi connectivity index (χ2v) is 13.3. The minimum absolute atomic E-state index is 0.163. The van der Waals surface area contributed by atoms with Crippen molar-refractivity contribution in [3.8, 4) is 11.5 Å². The lowest BCUT2D eigenvalue weighted by molar-refractivity contribution is -0.157. The molecule has 5 nitrogen and oxygen atoms in total. The first-order valence-corrected chi connectivity index (χ1v) is 18.3. The Kier molecular flexibility index (Phi) is 18.2. The summed E-state index contributed by atoms with van der Waals surface area (Å²) in [5.74, 6) is 0.491. The lowest BCUT2D eigenvalue weighted by atomic mass is 9.83. The smallest absolute Gasteiger partial charge is 0.345 e. The summed E-state index contributed by atoms with van der Waals surface area (Å²) in [6.07, 6.45) is 18.4. The van der Waals surface area contributed by atoms with Crippen molar-refractivity contribution in [1.82, 2.24) is 0 Å². The lowest BCUT2D eigenvalue weighted by Gasteiger charge is -2.28. The predicted octanol–water partition coefficient (Wildman–Crippen LogP) is 11.4. The number of rotatable bonds is 22. The Morgan fingerprint density at radius 2 is 1.41 bits per heavy atom. The van der Waals surface area contributed by atoms with Gasteiger partial charge >= 0.3 is 11.9 Å². The first-order chi connectivity index (χ1) is 22.4. The van der Waals surface area contributed by atoms with Crippen LogP contribution in [0, 0.1) is 5.92 Å². The minimum Gasteiger partial charge on any atom is -0.494 e. The third kappa shape index (κ3) is 14.4. The number of ether oxygens (including phenoxy) is 3. The van der Waals surface area contributed by atoms with Crippen LogP contribution in [0.25, 0.3) is 0 Å². The summed E-state index contributed by atoms with van der Waals surface area (Å²) in [6.45, 7) is 4.87. The van der Waals surface area contributed by atoms with Crippen molar-refractivity contribution in [2.45, 2.75) is 148 Å². The molecule has 0 radical (unpaired) electrons. The molecule has 1 fully saturated rings. The summed E-state index contributed by atoms with van der Waals surface area (Å²) in [5.41, 5.74) is 1.48. The van der Waals surface area contributed by atoms with E-state index in [4.69, 9.17) is 25.8 Å². The number of hydrogen-bond donors (Lipinski definition) is 0. The van der Waals surface area contributed by atoms with E-state index in [1.807, 2.05) is 31.2 Å². The van der Waals surface area contributed by atoms with Crippen LogP contribution < -0.4 is 9.47 Å². The number of esters is 2. The van der Waals surface area contributed by atoms with Gasteiger partial charge in [0.05, 0.1) is 17.2 Å². The van der Waals surface area contributed by atoms with Crippen molar-refractivity contribution in [3.05, 3.63) is 58.6 Å². The van der Waals surface area contributed by atoms with Crippen LogP contribution in [0.5, 0.6) is 11.5 Å². The van der Waals surface area contributed by atoms with Crippen LogP contribution in [0.3, 0.4) is 0 Å². The van der Waals surface area contributed by atoms with E-state index in [0.717, 1.165) is 57.8 Å². The molecule has 0 heterocycles. The average molecular weight is 659 g/mol. The van der Waals surface area contributed by atoms with E-state index in [1.165, 1.54) is 56.9 Å². The summed E-state index contributed by atoms with van der Waals surface area (Å²) in [7, 11) is 0. The number of unbranched alkanes of at least 4 members (excludes halogenated alkanes) is 10. The highest BCUT2D eigenvalue weighted by atomic mass is 35.5. The molecule has 0 aromatic heterocycles. The van der Waals surface area contributed by atoms with Gasteiger partial charge in [-0.1, -0.05) is 108 Å². The van der Waals surface area contributed by atoms with Gasteiger partial charge < -0.3 is 14.2 Å². The van der Waals surface area contributed by atoms with Crippen LogP contribution in [0.15, 0.2) is 42.5 Å². The van der Waals surface area contributed by atoms with E-state index in [2.05, 4.69) is 6.92 Å². The molecule has 7 heteroatoms. The van der Waals surface area contributed by atoms with Crippen molar-refractivity contribution >= 4 is 23.5 Å². The number of alkyl halides is 1. The van der Waals surface area contributed by atoms with Crippen LogP contribution in [-0.2, 0) is 16.0 Å². The molecule has 0 aliphatic heterocycles. The van der Waals surface area contributed by atoms with Gasteiger partial charge in [-0.15, -0.1) is 0 Å². The Morgan fingerprint density at radius 1 is 0.804 bits per heavy atom. The van der Waals surface area contributed by atoms with Gasteiger partial charge in [0.25, 0.3) is 0 Å². The van der Waals surface area contributed by atoms with Crippen LogP contribution in [0.2, 0.25) is 5.02 Å². The number of hydrogen-bond acceptors (Lipinski definition) is 5. The molecule has 46 heavy (non-hydrogen) atoms. The number of carbonyl (C=O) groups is 2. The van der Waals surface area contributed by atoms with Gasteiger partial charge in [-0.05, 0) is 93.2 Å². The van der Waals surface area contributed by atoms with Crippen LogP contribution in [0.1, 0.15) is 145 Å². The third-order valence-corrected chi connectivity index (χ3v) is 9.36. The molecule has 0 N–H and O–H groups in total. The monoisotopic (exact) mass is 658 g/mol. The number of carbonyl (C=O) groups excluding carboxylic acids is 2. The summed E-state index contributed by atoms with van der Waals surface area (Å²) < 4.78 is 30.8. The molecule has 256 valence electrons. The second-order valence-electron chi connectivity index (χ2n) is 12.9. The standard InChI is InChI=1S/C39H56ClFO5/c1-3-5-7-8-9-10-11-12-13-14-28-44-34-26-27-35(36(40)29-34)38(42)45-32-22-18-30(19-23-32)16-17-31-20-24-33(25-21-31)46-39(43)37(41)15-6-4-2/h18-19,22-23,26-27,29,31,33,37H,3-17,20-21,24-25,28H2,1-2H3/t31?,33?,37-/m1/s1. The molecule has 2 aromatic carbocycles. The van der Waals surface area contributed by atoms with E-state index < -0.39 is 18.1 Å². The molecule has 0 spiro atoms. The van der Waals surface area contributed by atoms with Gasteiger partial charge in [-0.25, -0.2) is 14.0 Å². The SMILES string of the molecule is CCCCCCCCCCCCOc1ccc(C(=O)Oc2ccc(CCC3CCC(OC(=O)[C@H](F)CCCC)CC3)cc2)c(Cl)c1. The first kappa shape index (κ1) is 37.9. The molecule has 1 saturated carbocycles. The molecule has 1 atom stereocenters. The first-order valence-electron chi connectivity index (χ1n) is 18.0. The van der Waals surface area contributed by atoms with Gasteiger partial charge in [0, 0.05) is 0 Å². The van der Waals surface area contributed by atoms with Crippen molar-refractivity contribution < 1.29 is 28.2 Å². The highest BCUT2D eigenvalue weighted by molar-refractivity contribution is 6.33. The summed E-state index contributed by atoms with van der Waals surface area (Å²) >= 11 is 6.42. The molecule has 0 unspecified atom stereocenters. The van der Waals surface area contributed by atoms with Gasteiger partial charge in [-0.2, -0.15) is 0 Å². The molecular formula is C39H56ClFO5. The Bertz CT molecular complexity index is 1150. The zero-order valence-corrected chi connectivity index (χ0v) is 29.0. The van der Waals surface area contributed by atoms with Gasteiger partial charge in [-0.3, -0.25) is 0 Å². The molecule has 3 rings (SSSR count). The minimum atomic E-state index is -1.50. The van der Waals surface area contributed by atoms with E-state index >= 15 is 0 Å². The normalized spacial score (nSPS) is 17.0. The maximum Gasteiger partial charge on any atom is 0.345 e. The van der Waals surface area contributed by atoms with Gasteiger partial charge in [0.2, 0.25) is 0 Å². The predicted molar refractivity (Wildman–Crippen MR) is 185 cm³/mol. The molecule has 2 aromatic rings. The Labute approximate surface area is 281 Å². The number of aryl methyl sites for hydroxylation is 1. The highest BCUT2D eigenvalue weighted by Gasteiger charge is 2.27. The summed E-state index contributed by atoms with van der Waals surface area (Å²) in [4.78, 5) is 24.8. The van der Waals surface area contributed by atoms with Crippen molar-refractivity contribution in [2.24, 2.45) is 5.92 Å². The second kappa shape index (κ2) is 22.1. The van der Waals surface area contributed by atoms with E-state index in [9.17, 15) is 14.0 Å². The molecule has 1 aliphatic rings. The Hall–Kier alpha value is -2.60. The van der Waals surface area contributed by atoms with Crippen molar-refractivity contribution in [1.29, 1.82) is 0 Å². The van der Waals surface area contributed by atoms with Crippen molar-refractivity contribution in [3.63, 3.8) is 0 Å². The molecule has 1 aliphatic carbocycles.